The first-order valence-electron chi connectivity index (χ1n) is 15.4. The second kappa shape index (κ2) is 20.6. The van der Waals surface area contributed by atoms with Gasteiger partial charge in [-0.2, -0.15) is 4.39 Å². The number of hydrogen-bond acceptors (Lipinski definition) is 14. The number of aliphatic imine (C=N–C) groups is 2. The number of carbonyl (C=O) groups is 1. The topological polar surface area (TPSA) is 242 Å². The molecule has 0 saturated heterocycles. The molecule has 2 heterocycles. The summed E-state index contributed by atoms with van der Waals surface area (Å²) < 4.78 is 33.8. The Labute approximate surface area is 281 Å². The van der Waals surface area contributed by atoms with Gasteiger partial charge >= 0.3 is 0 Å². The van der Waals surface area contributed by atoms with Gasteiger partial charge in [0.05, 0.1) is 36.3 Å². The molecule has 10 N–H and O–H groups in total. The number of aliphatic hydroxyl groups is 5. The van der Waals surface area contributed by atoms with Gasteiger partial charge < -0.3 is 47.1 Å². The molecule has 0 aliphatic heterocycles. The predicted octanol–water partition coefficient (Wildman–Crippen LogP) is 1.47. The van der Waals surface area contributed by atoms with Gasteiger partial charge in [0.1, 0.15) is 28.6 Å². The molecule has 14 nitrogen and oxygen atoms in total. The number of thiazole rings is 1. The van der Waals surface area contributed by atoms with Crippen LogP contribution in [0.3, 0.4) is 0 Å². The van der Waals surface area contributed by atoms with E-state index in [1.807, 2.05) is 0 Å². The number of hydrogen-bond donors (Lipinski definition) is 8. The third-order valence-electron chi connectivity index (χ3n) is 6.88. The number of rotatable bonds is 14. The van der Waals surface area contributed by atoms with Crippen molar-refractivity contribution in [2.45, 2.75) is 89.6 Å². The first-order valence-corrected chi connectivity index (χ1v) is 16.2. The summed E-state index contributed by atoms with van der Waals surface area (Å²) in [7, 11) is 0. The van der Waals surface area contributed by atoms with E-state index >= 15 is 0 Å². The van der Waals surface area contributed by atoms with E-state index in [9.17, 15) is 34.0 Å². The molecule has 0 aromatic carbocycles. The van der Waals surface area contributed by atoms with Crippen LogP contribution in [0.2, 0.25) is 0 Å². The SMILES string of the molecule is CC(CO)OC(/N=C\C(=C/N)c1nc(C(=O)N/C(C=NC2CCCCC2)=C(/N)c2nc(F)ccc2F)cs1)C(O)C(O)C(C)O.CCO. The molecule has 266 valence electrons. The number of amides is 1. The Hall–Kier alpha value is -3.71. The fourth-order valence-electron chi connectivity index (χ4n) is 4.27. The lowest BCUT2D eigenvalue weighted by molar-refractivity contribution is -0.137. The monoisotopic (exact) mass is 697 g/mol. The molecule has 48 heavy (non-hydrogen) atoms. The second-order valence-electron chi connectivity index (χ2n) is 10.8. The van der Waals surface area contributed by atoms with Crippen molar-refractivity contribution < 1.29 is 43.8 Å². The van der Waals surface area contributed by atoms with Gasteiger partial charge in [0.2, 0.25) is 5.95 Å². The minimum absolute atomic E-state index is 0.0143. The summed E-state index contributed by atoms with van der Waals surface area (Å²) >= 11 is 1.03. The van der Waals surface area contributed by atoms with E-state index < -0.39 is 60.6 Å². The van der Waals surface area contributed by atoms with Crippen LogP contribution in [0.1, 0.15) is 74.1 Å². The number of nitrogens with zero attached hydrogens (tertiary/aromatic N) is 4. The number of halogens is 2. The first-order chi connectivity index (χ1) is 22.9. The second-order valence-corrected chi connectivity index (χ2v) is 11.7. The first kappa shape index (κ1) is 40.5. The largest absolute Gasteiger partial charge is 0.404 e. The Kier molecular flexibility index (Phi) is 17.4. The van der Waals surface area contributed by atoms with Crippen LogP contribution < -0.4 is 16.8 Å². The van der Waals surface area contributed by atoms with Gasteiger partial charge in [-0.25, -0.2) is 14.4 Å². The normalized spacial score (nSPS) is 18.1. The molecular weight excluding hydrogens is 652 g/mol. The average molecular weight is 698 g/mol. The number of aliphatic hydroxyl groups excluding tert-OH is 5. The fraction of sp³-hybridized carbons (Fsp3) is 0.516. The number of allylic oxidation sites excluding steroid dienone is 2. The van der Waals surface area contributed by atoms with Crippen molar-refractivity contribution in [1.82, 2.24) is 15.3 Å². The number of carbonyl (C=O) groups excluding carboxylic acids is 1. The van der Waals surface area contributed by atoms with Crippen LogP contribution in [-0.4, -0.2) is 104 Å². The van der Waals surface area contributed by atoms with Crippen molar-refractivity contribution >= 4 is 40.9 Å². The molecule has 1 amide bonds. The van der Waals surface area contributed by atoms with E-state index in [0.717, 1.165) is 61.8 Å². The Morgan fingerprint density at radius 3 is 2.40 bits per heavy atom. The minimum Gasteiger partial charge on any atom is -0.404 e. The van der Waals surface area contributed by atoms with Gasteiger partial charge in [0.25, 0.3) is 5.91 Å². The van der Waals surface area contributed by atoms with Crippen molar-refractivity contribution in [3.8, 4) is 0 Å². The van der Waals surface area contributed by atoms with Gasteiger partial charge in [-0.05, 0) is 45.7 Å². The van der Waals surface area contributed by atoms with E-state index in [1.165, 1.54) is 31.7 Å². The summed E-state index contributed by atoms with van der Waals surface area (Å²) in [5, 5.41) is 51.4. The zero-order chi connectivity index (χ0) is 35.8. The van der Waals surface area contributed by atoms with E-state index in [-0.39, 0.29) is 40.3 Å². The molecule has 2 aromatic heterocycles. The van der Waals surface area contributed by atoms with Gasteiger partial charge in [0.15, 0.2) is 12.0 Å². The van der Waals surface area contributed by atoms with Crippen molar-refractivity contribution in [2.24, 2.45) is 21.5 Å². The average Bonchev–Trinajstić information content (AvgIpc) is 3.57. The van der Waals surface area contributed by atoms with Crippen molar-refractivity contribution in [3.05, 3.63) is 57.6 Å². The molecule has 1 fully saturated rings. The van der Waals surface area contributed by atoms with E-state index in [4.69, 9.17) is 21.3 Å². The van der Waals surface area contributed by atoms with Crippen LogP contribution in [-0.2, 0) is 4.74 Å². The highest BCUT2D eigenvalue weighted by Gasteiger charge is 2.31. The number of ether oxygens (including phenoxy) is 1. The van der Waals surface area contributed by atoms with Gasteiger partial charge in [0, 0.05) is 36.2 Å². The maximum Gasteiger partial charge on any atom is 0.275 e. The van der Waals surface area contributed by atoms with Gasteiger partial charge in [-0.1, -0.05) is 19.3 Å². The van der Waals surface area contributed by atoms with E-state index in [2.05, 4.69) is 25.3 Å². The van der Waals surface area contributed by atoms with E-state index in [0.29, 0.717) is 0 Å². The standard InChI is InChI=1S/C29H39F2N7O6S.C2H6O/c1-15(13-39)44-28(26(42)25(41)16(2)40)35-11-17(10-32)29-37-21(14-45-29)27(43)36-20(12-34-18-6-4-3-5-7-18)23(33)24-19(30)8-9-22(31)38-24;1-2-3/h8-12,14-16,18,25-26,28,39-42H,3-7,13,32-33H2,1-2H3,(H,36,43);3H,2H2,1H3/b17-10+,23-20+,34-12?,35-11-;. The fourth-order valence-corrected chi connectivity index (χ4v) is 5.06. The molecule has 2 aromatic rings. The molecule has 0 spiro atoms. The molecular formula is C31H45F2N7O7S. The van der Waals surface area contributed by atoms with Crippen molar-refractivity contribution in [2.75, 3.05) is 13.2 Å². The van der Waals surface area contributed by atoms with Crippen LogP contribution in [0.15, 0.2) is 39.4 Å². The van der Waals surface area contributed by atoms with Crippen LogP contribution in [0.4, 0.5) is 8.78 Å². The summed E-state index contributed by atoms with van der Waals surface area (Å²) in [6.45, 7) is 4.32. The van der Waals surface area contributed by atoms with Crippen molar-refractivity contribution in [3.63, 3.8) is 0 Å². The maximum absolute atomic E-state index is 14.5. The zero-order valence-corrected chi connectivity index (χ0v) is 27.9. The number of nitrogens with two attached hydrogens (primary N) is 2. The Morgan fingerprint density at radius 2 is 1.79 bits per heavy atom. The number of aromatic nitrogens is 2. The quantitative estimate of drug-likeness (QED) is 0.104. The Balaban J connectivity index is 0.00000257. The Morgan fingerprint density at radius 1 is 1.12 bits per heavy atom. The number of nitrogens with one attached hydrogen (secondary N) is 1. The molecule has 1 aliphatic carbocycles. The highest BCUT2D eigenvalue weighted by molar-refractivity contribution is 7.11. The molecule has 5 unspecified atom stereocenters. The van der Waals surface area contributed by atoms with Crippen LogP contribution in [0, 0.1) is 11.8 Å². The maximum atomic E-state index is 14.5. The molecule has 0 bridgehead atoms. The third-order valence-corrected chi connectivity index (χ3v) is 7.78. The molecule has 17 heteroatoms. The molecule has 0 radical (unpaired) electrons. The Bertz CT molecular complexity index is 1430. The van der Waals surface area contributed by atoms with Gasteiger partial charge in [-0.3, -0.25) is 14.8 Å². The summed E-state index contributed by atoms with van der Waals surface area (Å²) in [5.74, 6) is -2.58. The lowest BCUT2D eigenvalue weighted by atomic mass is 9.96. The third kappa shape index (κ3) is 12.4. The molecule has 5 atom stereocenters. The lowest BCUT2D eigenvalue weighted by Gasteiger charge is -2.27. The summed E-state index contributed by atoms with van der Waals surface area (Å²) in [4.78, 5) is 29.7. The molecule has 3 rings (SSSR count). The molecule has 1 aliphatic rings. The van der Waals surface area contributed by atoms with Gasteiger partial charge in [-0.15, -0.1) is 11.3 Å². The summed E-state index contributed by atoms with van der Waals surface area (Å²) in [6, 6.07) is 1.71. The number of pyridine rings is 1. The summed E-state index contributed by atoms with van der Waals surface area (Å²) in [5.41, 5.74) is 11.2. The predicted molar refractivity (Wildman–Crippen MR) is 179 cm³/mol. The van der Waals surface area contributed by atoms with E-state index in [1.54, 1.807) is 6.92 Å². The highest BCUT2D eigenvalue weighted by Crippen LogP contribution is 2.22. The van der Waals surface area contributed by atoms with Crippen LogP contribution >= 0.6 is 11.3 Å². The summed E-state index contributed by atoms with van der Waals surface area (Å²) in [6.07, 6.45) is 1.72. The van der Waals surface area contributed by atoms with Crippen molar-refractivity contribution in [1.29, 1.82) is 0 Å². The lowest BCUT2D eigenvalue weighted by Crippen LogP contribution is -2.45. The smallest absolute Gasteiger partial charge is 0.275 e. The van der Waals surface area contributed by atoms with Crippen LogP contribution in [0.5, 0.6) is 0 Å². The molecule has 1 saturated carbocycles. The zero-order valence-electron chi connectivity index (χ0n) is 27.0. The van der Waals surface area contributed by atoms with Crippen LogP contribution in [0.25, 0.3) is 11.3 Å². The minimum atomic E-state index is -1.66. The highest BCUT2D eigenvalue weighted by atomic mass is 32.1.